The quantitative estimate of drug-likeness (QED) is 0.912. The Labute approximate surface area is 107 Å². The summed E-state index contributed by atoms with van der Waals surface area (Å²) in [7, 11) is 0. The molecule has 0 fully saturated rings. The molecule has 0 saturated heterocycles. The second-order valence-electron chi connectivity index (χ2n) is 3.94. The molecule has 0 spiro atoms. The maximum Gasteiger partial charge on any atom is 0.243 e. The van der Waals surface area contributed by atoms with E-state index in [0.29, 0.717) is 18.1 Å². The summed E-state index contributed by atoms with van der Waals surface area (Å²) in [5.41, 5.74) is 8.09. The smallest absolute Gasteiger partial charge is 0.243 e. The van der Waals surface area contributed by atoms with Crippen LogP contribution in [-0.4, -0.2) is 10.1 Å². The highest BCUT2D eigenvalue weighted by Gasteiger charge is 2.10. The van der Waals surface area contributed by atoms with Crippen LogP contribution in [0.3, 0.4) is 0 Å². The molecule has 0 bridgehead atoms. The lowest BCUT2D eigenvalue weighted by Crippen LogP contribution is -2.05. The van der Waals surface area contributed by atoms with Crippen molar-refractivity contribution >= 4 is 12.4 Å². The summed E-state index contributed by atoms with van der Waals surface area (Å²) in [6, 6.07) is 7.95. The lowest BCUT2D eigenvalue weighted by molar-refractivity contribution is 0.358. The Morgan fingerprint density at radius 1 is 1.35 bits per heavy atom. The molecule has 92 valence electrons. The fraction of sp³-hybridized carbons (Fsp3) is 0.333. The van der Waals surface area contributed by atoms with Crippen LogP contribution < -0.4 is 5.73 Å². The largest absolute Gasteiger partial charge is 0.338 e. The van der Waals surface area contributed by atoms with E-state index >= 15 is 0 Å². The molecule has 0 amide bonds. The number of benzene rings is 1. The number of hydrogen-bond acceptors (Lipinski definition) is 4. The van der Waals surface area contributed by atoms with Crippen molar-refractivity contribution in [1.82, 2.24) is 10.1 Å². The van der Waals surface area contributed by atoms with E-state index < -0.39 is 0 Å². The molecule has 0 saturated carbocycles. The van der Waals surface area contributed by atoms with Crippen LogP contribution in [0, 0.1) is 6.92 Å². The van der Waals surface area contributed by atoms with Gasteiger partial charge in [-0.25, -0.2) is 0 Å². The minimum absolute atomic E-state index is 0. The summed E-state index contributed by atoms with van der Waals surface area (Å²) in [6.07, 6.45) is 0.683. The van der Waals surface area contributed by atoms with Crippen LogP contribution >= 0.6 is 12.4 Å². The lowest BCUT2D eigenvalue weighted by Gasteiger charge is -2.00. The maximum absolute atomic E-state index is 5.65. The average Bonchev–Trinajstić information content (AvgIpc) is 2.70. The summed E-state index contributed by atoms with van der Waals surface area (Å²) in [5, 5.41) is 3.91. The molecule has 17 heavy (non-hydrogen) atoms. The molecule has 2 N–H and O–H groups in total. The van der Waals surface area contributed by atoms with Crippen LogP contribution in [0.15, 0.2) is 28.8 Å². The first kappa shape index (κ1) is 13.7. The van der Waals surface area contributed by atoms with E-state index in [1.54, 1.807) is 0 Å². The van der Waals surface area contributed by atoms with E-state index in [2.05, 4.69) is 29.2 Å². The first-order valence-electron chi connectivity index (χ1n) is 5.29. The van der Waals surface area contributed by atoms with Crippen LogP contribution in [0.25, 0.3) is 0 Å². The van der Waals surface area contributed by atoms with Gasteiger partial charge in [0.05, 0.1) is 6.04 Å². The third kappa shape index (κ3) is 3.28. The highest BCUT2D eigenvalue weighted by Crippen LogP contribution is 2.13. The third-order valence-electron chi connectivity index (χ3n) is 2.48. The predicted octanol–water partition coefficient (Wildman–Crippen LogP) is 2.41. The summed E-state index contributed by atoms with van der Waals surface area (Å²) < 4.78 is 5.05. The highest BCUT2D eigenvalue weighted by atomic mass is 35.5. The topological polar surface area (TPSA) is 64.9 Å². The zero-order valence-electron chi connectivity index (χ0n) is 9.88. The van der Waals surface area contributed by atoms with Crippen molar-refractivity contribution in [2.45, 2.75) is 26.3 Å². The molecule has 0 radical (unpaired) electrons. The van der Waals surface area contributed by atoms with Gasteiger partial charge in [0.15, 0.2) is 5.82 Å². The Kier molecular flexibility index (Phi) is 4.66. The van der Waals surface area contributed by atoms with Crippen molar-refractivity contribution in [3.63, 3.8) is 0 Å². The van der Waals surface area contributed by atoms with Gasteiger partial charge in [0, 0.05) is 6.42 Å². The van der Waals surface area contributed by atoms with Gasteiger partial charge < -0.3 is 10.3 Å². The van der Waals surface area contributed by atoms with E-state index in [9.17, 15) is 0 Å². The molecule has 4 nitrogen and oxygen atoms in total. The zero-order chi connectivity index (χ0) is 11.5. The molecular formula is C12H16ClN3O. The van der Waals surface area contributed by atoms with E-state index in [0.717, 1.165) is 0 Å². The number of rotatable bonds is 3. The maximum atomic E-state index is 5.65. The van der Waals surface area contributed by atoms with E-state index in [1.807, 2.05) is 19.1 Å². The van der Waals surface area contributed by atoms with Crippen molar-refractivity contribution < 1.29 is 4.52 Å². The Balaban J connectivity index is 0.00000144. The molecule has 1 aromatic heterocycles. The fourth-order valence-electron chi connectivity index (χ4n) is 1.50. The van der Waals surface area contributed by atoms with Crippen molar-refractivity contribution in [2.75, 3.05) is 0 Å². The Hall–Kier alpha value is -1.39. The van der Waals surface area contributed by atoms with E-state index in [4.69, 9.17) is 10.3 Å². The van der Waals surface area contributed by atoms with Crippen LogP contribution in [0.4, 0.5) is 0 Å². The summed E-state index contributed by atoms with van der Waals surface area (Å²) >= 11 is 0. The predicted molar refractivity (Wildman–Crippen MR) is 68.1 cm³/mol. The molecule has 0 aliphatic carbocycles. The van der Waals surface area contributed by atoms with Gasteiger partial charge in [-0.3, -0.25) is 0 Å². The molecule has 1 aromatic carbocycles. The highest BCUT2D eigenvalue weighted by molar-refractivity contribution is 5.85. The Morgan fingerprint density at radius 2 is 2.06 bits per heavy atom. The molecule has 0 aliphatic rings. The minimum Gasteiger partial charge on any atom is -0.338 e. The fourth-order valence-corrected chi connectivity index (χ4v) is 1.50. The molecule has 2 aromatic rings. The second-order valence-corrected chi connectivity index (χ2v) is 3.94. The minimum atomic E-state index is -0.210. The van der Waals surface area contributed by atoms with Crippen LogP contribution in [0.2, 0.25) is 0 Å². The summed E-state index contributed by atoms with van der Waals surface area (Å²) in [6.45, 7) is 3.90. The van der Waals surface area contributed by atoms with Gasteiger partial charge in [-0.2, -0.15) is 4.98 Å². The third-order valence-corrected chi connectivity index (χ3v) is 2.48. The van der Waals surface area contributed by atoms with Gasteiger partial charge in [0.25, 0.3) is 0 Å². The average molecular weight is 254 g/mol. The van der Waals surface area contributed by atoms with Gasteiger partial charge in [0.1, 0.15) is 0 Å². The number of aromatic nitrogens is 2. The standard InChI is InChI=1S/C12H15N3O.ClH/c1-8-5-3-4-6-10(8)7-11-14-12(9(2)13)16-15-11;/h3-6,9H,7,13H2,1-2H3;1H. The lowest BCUT2D eigenvalue weighted by atomic mass is 10.1. The monoisotopic (exact) mass is 253 g/mol. The SMILES string of the molecule is Cc1ccccc1Cc1noc(C(C)N)n1.Cl. The number of nitrogens with two attached hydrogens (primary N) is 1. The first-order chi connectivity index (χ1) is 7.66. The Bertz CT molecular complexity index is 482. The van der Waals surface area contributed by atoms with Crippen molar-refractivity contribution in [3.05, 3.63) is 47.1 Å². The summed E-state index contributed by atoms with van der Waals surface area (Å²) in [5.74, 6) is 1.17. The number of halogens is 1. The second kappa shape index (κ2) is 5.80. The molecule has 1 heterocycles. The number of nitrogens with zero attached hydrogens (tertiary/aromatic N) is 2. The van der Waals surface area contributed by atoms with Crippen LogP contribution in [0.5, 0.6) is 0 Å². The van der Waals surface area contributed by atoms with Crippen molar-refractivity contribution in [3.8, 4) is 0 Å². The van der Waals surface area contributed by atoms with Gasteiger partial charge in [-0.15, -0.1) is 12.4 Å². The van der Waals surface area contributed by atoms with Crippen LogP contribution in [-0.2, 0) is 6.42 Å². The molecule has 1 unspecified atom stereocenters. The zero-order valence-corrected chi connectivity index (χ0v) is 10.7. The molecule has 2 rings (SSSR count). The molecule has 5 heteroatoms. The van der Waals surface area contributed by atoms with Gasteiger partial charge in [-0.1, -0.05) is 29.4 Å². The number of hydrogen-bond donors (Lipinski definition) is 1. The van der Waals surface area contributed by atoms with Crippen molar-refractivity contribution in [1.29, 1.82) is 0 Å². The first-order valence-corrected chi connectivity index (χ1v) is 5.29. The molecule has 0 aliphatic heterocycles. The summed E-state index contributed by atoms with van der Waals surface area (Å²) in [4.78, 5) is 4.24. The van der Waals surface area contributed by atoms with Crippen LogP contribution in [0.1, 0.15) is 35.8 Å². The van der Waals surface area contributed by atoms with E-state index in [1.165, 1.54) is 11.1 Å². The normalized spacial score (nSPS) is 11.9. The van der Waals surface area contributed by atoms with Gasteiger partial charge in [0.2, 0.25) is 5.89 Å². The van der Waals surface area contributed by atoms with Gasteiger partial charge >= 0.3 is 0 Å². The van der Waals surface area contributed by atoms with Gasteiger partial charge in [-0.05, 0) is 25.0 Å². The van der Waals surface area contributed by atoms with Crippen molar-refractivity contribution in [2.24, 2.45) is 5.73 Å². The molecule has 1 atom stereocenters. The number of aryl methyl sites for hydroxylation is 1. The van der Waals surface area contributed by atoms with E-state index in [-0.39, 0.29) is 18.4 Å². The Morgan fingerprint density at radius 3 is 2.65 bits per heavy atom. The molecular weight excluding hydrogens is 238 g/mol.